The minimum Gasteiger partial charge on any atom is -0.496 e. The number of rotatable bonds is 8. The van der Waals surface area contributed by atoms with E-state index >= 15 is 0 Å². The summed E-state index contributed by atoms with van der Waals surface area (Å²) in [6, 6.07) is 10.4. The second kappa shape index (κ2) is 11.6. The van der Waals surface area contributed by atoms with Gasteiger partial charge in [-0.3, -0.25) is 0 Å². The number of ether oxygens (including phenoxy) is 2. The number of nitrogens with one attached hydrogen (secondary N) is 2. The number of benzene rings is 1. The Morgan fingerprint density at radius 2 is 2.16 bits per heavy atom. The van der Waals surface area contributed by atoms with Crippen molar-refractivity contribution in [1.82, 2.24) is 15.6 Å². The predicted molar refractivity (Wildman–Crippen MR) is 126 cm³/mol. The highest BCUT2D eigenvalue weighted by Crippen LogP contribution is 2.20. The lowest BCUT2D eigenvalue weighted by molar-refractivity contribution is 0.0529. The smallest absolute Gasteiger partial charge is 0.191 e. The van der Waals surface area contributed by atoms with Crippen LogP contribution in [-0.2, 0) is 17.7 Å². The molecule has 31 heavy (non-hydrogen) atoms. The van der Waals surface area contributed by atoms with E-state index in [1.54, 1.807) is 7.11 Å². The molecule has 2 heterocycles. The van der Waals surface area contributed by atoms with E-state index in [0.29, 0.717) is 6.54 Å². The number of aryl methyl sites for hydroxylation is 1. The van der Waals surface area contributed by atoms with E-state index in [1.165, 1.54) is 11.1 Å². The van der Waals surface area contributed by atoms with Gasteiger partial charge in [-0.1, -0.05) is 17.7 Å². The molecule has 1 aliphatic heterocycles. The van der Waals surface area contributed by atoms with Gasteiger partial charge in [0.25, 0.3) is 0 Å². The predicted octanol–water partition coefficient (Wildman–Crippen LogP) is 2.92. The van der Waals surface area contributed by atoms with E-state index in [-0.39, 0.29) is 6.10 Å². The van der Waals surface area contributed by atoms with Gasteiger partial charge >= 0.3 is 0 Å². The number of hydrogen-bond donors (Lipinski definition) is 2. The first-order chi connectivity index (χ1) is 15.1. The summed E-state index contributed by atoms with van der Waals surface area (Å²) in [7, 11) is 1.72. The molecular weight excluding hydrogens is 390 g/mol. The van der Waals surface area contributed by atoms with Crippen LogP contribution in [0, 0.1) is 6.92 Å². The first-order valence-electron chi connectivity index (χ1n) is 11.1. The van der Waals surface area contributed by atoms with Crippen LogP contribution < -0.4 is 20.3 Å². The van der Waals surface area contributed by atoms with Gasteiger partial charge in [-0.15, -0.1) is 0 Å². The van der Waals surface area contributed by atoms with Crippen LogP contribution in [0.4, 0.5) is 5.82 Å². The van der Waals surface area contributed by atoms with Crippen molar-refractivity contribution in [3.63, 3.8) is 0 Å². The van der Waals surface area contributed by atoms with E-state index in [9.17, 15) is 0 Å². The summed E-state index contributed by atoms with van der Waals surface area (Å²) in [6.45, 7) is 10.9. The molecule has 7 nitrogen and oxygen atoms in total. The number of morpholine rings is 1. The van der Waals surface area contributed by atoms with Crippen molar-refractivity contribution in [2.45, 2.75) is 39.8 Å². The van der Waals surface area contributed by atoms with Crippen molar-refractivity contribution in [2.75, 3.05) is 44.8 Å². The molecule has 1 aromatic heterocycles. The van der Waals surface area contributed by atoms with Crippen LogP contribution in [0.2, 0.25) is 0 Å². The number of anilines is 1. The van der Waals surface area contributed by atoms with Crippen LogP contribution in [0.25, 0.3) is 0 Å². The van der Waals surface area contributed by atoms with Gasteiger partial charge in [0.15, 0.2) is 5.96 Å². The average Bonchev–Trinajstić information content (AvgIpc) is 2.78. The normalized spacial score (nSPS) is 16.8. The highest BCUT2D eigenvalue weighted by atomic mass is 16.5. The Hall–Kier alpha value is -2.80. The zero-order valence-electron chi connectivity index (χ0n) is 19.1. The number of aliphatic imine (C=N–C) groups is 1. The molecule has 1 atom stereocenters. The van der Waals surface area contributed by atoms with E-state index in [2.05, 4.69) is 59.5 Å². The first-order valence-corrected chi connectivity index (χ1v) is 11.1. The Bertz CT molecular complexity index is 871. The fourth-order valence-corrected chi connectivity index (χ4v) is 3.69. The molecule has 3 rings (SSSR count). The van der Waals surface area contributed by atoms with Crippen molar-refractivity contribution in [2.24, 2.45) is 4.99 Å². The quantitative estimate of drug-likeness (QED) is 0.501. The minimum atomic E-state index is 0.230. The van der Waals surface area contributed by atoms with Gasteiger partial charge in [0, 0.05) is 32.4 Å². The maximum atomic E-state index is 5.64. The Balaban J connectivity index is 1.59. The third-order valence-electron chi connectivity index (χ3n) is 5.26. The first kappa shape index (κ1) is 22.9. The third kappa shape index (κ3) is 6.85. The molecule has 1 fully saturated rings. The van der Waals surface area contributed by atoms with Gasteiger partial charge in [-0.2, -0.15) is 0 Å². The molecule has 0 radical (unpaired) electrons. The molecule has 0 bridgehead atoms. The number of methoxy groups -OCH3 is 1. The Labute approximate surface area is 185 Å². The highest BCUT2D eigenvalue weighted by molar-refractivity contribution is 5.79. The Morgan fingerprint density at radius 1 is 1.29 bits per heavy atom. The number of aromatic nitrogens is 1. The largest absolute Gasteiger partial charge is 0.496 e. The second-order valence-electron chi connectivity index (χ2n) is 7.84. The lowest BCUT2D eigenvalue weighted by Crippen LogP contribution is -2.41. The Morgan fingerprint density at radius 3 is 2.94 bits per heavy atom. The van der Waals surface area contributed by atoms with Crippen molar-refractivity contribution in [3.8, 4) is 5.75 Å². The number of nitrogens with zero attached hydrogens (tertiary/aromatic N) is 3. The van der Waals surface area contributed by atoms with Crippen molar-refractivity contribution < 1.29 is 9.47 Å². The summed E-state index contributed by atoms with van der Waals surface area (Å²) in [5.74, 6) is 2.73. The second-order valence-corrected chi connectivity index (χ2v) is 7.84. The van der Waals surface area contributed by atoms with Gasteiger partial charge < -0.3 is 25.0 Å². The van der Waals surface area contributed by atoms with Crippen LogP contribution in [0.15, 0.2) is 41.5 Å². The molecule has 0 aliphatic carbocycles. The van der Waals surface area contributed by atoms with Crippen molar-refractivity contribution in [1.29, 1.82) is 0 Å². The zero-order valence-corrected chi connectivity index (χ0v) is 19.1. The van der Waals surface area contributed by atoms with Crippen LogP contribution in [-0.4, -0.2) is 56.9 Å². The molecule has 1 saturated heterocycles. The fraction of sp³-hybridized carbons (Fsp3) is 0.500. The molecular formula is C24H35N5O2. The molecule has 168 valence electrons. The average molecular weight is 426 g/mol. The summed E-state index contributed by atoms with van der Waals surface area (Å²) >= 11 is 0. The summed E-state index contributed by atoms with van der Waals surface area (Å²) < 4.78 is 11.1. The van der Waals surface area contributed by atoms with Crippen LogP contribution in [0.5, 0.6) is 5.75 Å². The summed E-state index contributed by atoms with van der Waals surface area (Å²) in [5, 5.41) is 6.76. The van der Waals surface area contributed by atoms with Gasteiger partial charge in [-0.25, -0.2) is 9.98 Å². The molecule has 0 spiro atoms. The van der Waals surface area contributed by atoms with Crippen molar-refractivity contribution >= 4 is 11.8 Å². The minimum absolute atomic E-state index is 0.230. The van der Waals surface area contributed by atoms with E-state index < -0.39 is 0 Å². The van der Waals surface area contributed by atoms with Crippen molar-refractivity contribution in [3.05, 3.63) is 53.2 Å². The molecule has 0 amide bonds. The monoisotopic (exact) mass is 425 g/mol. The van der Waals surface area contributed by atoms with E-state index in [0.717, 1.165) is 62.3 Å². The molecule has 2 N–H and O–H groups in total. The third-order valence-corrected chi connectivity index (χ3v) is 5.26. The summed E-state index contributed by atoms with van der Waals surface area (Å²) in [4.78, 5) is 11.6. The van der Waals surface area contributed by atoms with E-state index in [1.807, 2.05) is 18.3 Å². The zero-order chi connectivity index (χ0) is 22.1. The SMILES string of the molecule is CCNC(=NCc1ccnc(N2CCOC(C)C2)c1)NCCc1cc(C)ccc1OC. The fourth-order valence-electron chi connectivity index (χ4n) is 3.69. The van der Waals surface area contributed by atoms with Gasteiger partial charge in [-0.05, 0) is 56.5 Å². The molecule has 1 aliphatic rings. The molecule has 1 unspecified atom stereocenters. The van der Waals surface area contributed by atoms with E-state index in [4.69, 9.17) is 14.5 Å². The lowest BCUT2D eigenvalue weighted by Gasteiger charge is -2.32. The molecule has 2 aromatic rings. The Kier molecular flexibility index (Phi) is 8.53. The summed E-state index contributed by atoms with van der Waals surface area (Å²) in [5.41, 5.74) is 3.57. The van der Waals surface area contributed by atoms with Crippen LogP contribution in [0.1, 0.15) is 30.5 Å². The number of pyridine rings is 1. The van der Waals surface area contributed by atoms with Gasteiger partial charge in [0.1, 0.15) is 11.6 Å². The highest BCUT2D eigenvalue weighted by Gasteiger charge is 2.18. The number of guanidine groups is 1. The number of hydrogen-bond acceptors (Lipinski definition) is 5. The standard InChI is InChI=1S/C24H35N5O2/c1-5-25-24(27-11-9-21-14-18(2)6-7-22(21)30-4)28-16-20-8-10-26-23(15-20)29-12-13-31-19(3)17-29/h6-8,10,14-15,19H,5,9,11-13,16-17H2,1-4H3,(H2,25,27,28). The lowest BCUT2D eigenvalue weighted by atomic mass is 10.1. The molecule has 1 aromatic carbocycles. The molecule has 0 saturated carbocycles. The summed E-state index contributed by atoms with van der Waals surface area (Å²) in [6.07, 6.45) is 2.96. The van der Waals surface area contributed by atoms with Gasteiger partial charge in [0.05, 0.1) is 26.4 Å². The van der Waals surface area contributed by atoms with Crippen LogP contribution >= 0.6 is 0 Å². The maximum absolute atomic E-state index is 5.64. The topological polar surface area (TPSA) is 71.0 Å². The van der Waals surface area contributed by atoms with Crippen LogP contribution in [0.3, 0.4) is 0 Å². The van der Waals surface area contributed by atoms with Gasteiger partial charge in [0.2, 0.25) is 0 Å². The maximum Gasteiger partial charge on any atom is 0.191 e. The molecule has 7 heteroatoms.